The van der Waals surface area contributed by atoms with Crippen LogP contribution in [0.2, 0.25) is 0 Å². The van der Waals surface area contributed by atoms with Crippen molar-refractivity contribution in [2.24, 2.45) is 0 Å². The zero-order chi connectivity index (χ0) is 34.2. The smallest absolute Gasteiger partial charge is 0.0745 e. The first kappa shape index (κ1) is 29.9. The summed E-state index contributed by atoms with van der Waals surface area (Å²) < 4.78 is 2.42. The summed E-state index contributed by atoms with van der Waals surface area (Å²) in [7, 11) is 0. The van der Waals surface area contributed by atoms with Crippen molar-refractivity contribution in [3.05, 3.63) is 210 Å². The van der Waals surface area contributed by atoms with Gasteiger partial charge >= 0.3 is 0 Å². The van der Waals surface area contributed by atoms with Crippen molar-refractivity contribution in [1.82, 2.24) is 4.57 Å². The average Bonchev–Trinajstić information content (AvgIpc) is 3.54. The first-order valence-electron chi connectivity index (χ1n) is 17.8. The molecule has 1 spiro atoms. The molecule has 0 fully saturated rings. The van der Waals surface area contributed by atoms with E-state index in [-0.39, 0.29) is 0 Å². The fourth-order valence-electron chi connectivity index (χ4n) is 8.72. The third kappa shape index (κ3) is 4.27. The molecule has 3 heteroatoms. The lowest BCUT2D eigenvalue weighted by atomic mass is 9.64. The minimum Gasteiger partial charge on any atom is -0.309 e. The first-order valence-corrected chi connectivity index (χ1v) is 19.4. The lowest BCUT2D eigenvalue weighted by molar-refractivity contribution is 0.668. The lowest BCUT2D eigenvalue weighted by Gasteiger charge is -2.46. The fraction of sp³-hybridized carbons (Fsp3) is 0.0204. The van der Waals surface area contributed by atoms with Gasteiger partial charge in [0.1, 0.15) is 0 Å². The van der Waals surface area contributed by atoms with Crippen molar-refractivity contribution in [2.75, 3.05) is 0 Å². The van der Waals surface area contributed by atoms with Gasteiger partial charge in [-0.15, -0.1) is 0 Å². The minimum absolute atomic E-state index is 0.470. The molecule has 1 atom stereocenters. The summed E-state index contributed by atoms with van der Waals surface area (Å²) in [5, 5.41) is 2.54. The average molecular weight is 698 g/mol. The van der Waals surface area contributed by atoms with Gasteiger partial charge in [0.15, 0.2) is 0 Å². The Labute approximate surface area is 311 Å². The molecular formula is C49H31NS2. The maximum atomic E-state index is 2.42. The summed E-state index contributed by atoms with van der Waals surface area (Å²) in [6.45, 7) is 0. The van der Waals surface area contributed by atoms with Gasteiger partial charge in [-0.25, -0.2) is 0 Å². The Morgan fingerprint density at radius 1 is 0.365 bits per heavy atom. The molecule has 1 unspecified atom stereocenters. The van der Waals surface area contributed by atoms with Crippen LogP contribution in [0.3, 0.4) is 0 Å². The second-order valence-corrected chi connectivity index (χ2v) is 15.8. The molecule has 0 N–H and O–H groups in total. The highest BCUT2D eigenvalue weighted by molar-refractivity contribution is 8.00. The minimum atomic E-state index is -0.470. The Morgan fingerprint density at radius 2 is 0.981 bits per heavy atom. The van der Waals surface area contributed by atoms with E-state index in [0.717, 1.165) is 0 Å². The largest absolute Gasteiger partial charge is 0.309 e. The summed E-state index contributed by atoms with van der Waals surface area (Å²) in [4.78, 5) is 5.25. The van der Waals surface area contributed by atoms with Gasteiger partial charge in [-0.1, -0.05) is 169 Å². The van der Waals surface area contributed by atoms with Crippen molar-refractivity contribution in [3.63, 3.8) is 0 Å². The van der Waals surface area contributed by atoms with Crippen LogP contribution in [-0.2, 0) is 5.41 Å². The van der Waals surface area contributed by atoms with Crippen LogP contribution >= 0.6 is 23.5 Å². The third-order valence-corrected chi connectivity index (χ3v) is 13.3. The Hall–Kier alpha value is -5.74. The number of para-hydroxylation sites is 2. The number of benzene rings is 8. The summed E-state index contributed by atoms with van der Waals surface area (Å²) in [5.41, 5.74) is 13.5. The van der Waals surface area contributed by atoms with Crippen molar-refractivity contribution in [2.45, 2.75) is 25.0 Å². The van der Waals surface area contributed by atoms with Crippen LogP contribution in [0.4, 0.5) is 0 Å². The van der Waals surface area contributed by atoms with Crippen LogP contribution in [0.25, 0.3) is 49.7 Å². The van der Waals surface area contributed by atoms with Gasteiger partial charge in [-0.2, -0.15) is 0 Å². The molecule has 3 heterocycles. The molecule has 0 saturated carbocycles. The molecule has 1 aromatic heterocycles. The first-order chi connectivity index (χ1) is 25.8. The molecule has 0 amide bonds. The van der Waals surface area contributed by atoms with E-state index in [1.807, 2.05) is 23.5 Å². The van der Waals surface area contributed by atoms with E-state index in [1.165, 1.54) is 91.6 Å². The summed E-state index contributed by atoms with van der Waals surface area (Å²) in [6.07, 6.45) is 0. The van der Waals surface area contributed by atoms with Gasteiger partial charge < -0.3 is 4.57 Å². The normalized spacial score (nSPS) is 15.6. The van der Waals surface area contributed by atoms with Crippen molar-refractivity contribution in [3.8, 4) is 27.9 Å². The molecule has 11 rings (SSSR count). The van der Waals surface area contributed by atoms with E-state index in [2.05, 4.69) is 193 Å². The number of hydrogen-bond acceptors (Lipinski definition) is 2. The van der Waals surface area contributed by atoms with Crippen LogP contribution in [0.1, 0.15) is 22.3 Å². The predicted molar refractivity (Wildman–Crippen MR) is 218 cm³/mol. The van der Waals surface area contributed by atoms with E-state index >= 15 is 0 Å². The number of rotatable bonds is 3. The summed E-state index contributed by atoms with van der Waals surface area (Å²) >= 11 is 3.82. The Morgan fingerprint density at radius 3 is 1.79 bits per heavy atom. The van der Waals surface area contributed by atoms with Crippen LogP contribution in [0.15, 0.2) is 208 Å². The van der Waals surface area contributed by atoms with Crippen LogP contribution in [0, 0.1) is 0 Å². The standard InChI is InChI=1S/C49H31NS2/c1-3-14-32(15-4-1)33-27-29-41-47(31-33)51-45-24-11-8-20-39(45)49(41)40-21-9-12-25-46(40)52-48-36(19-13-22-42(48)49)34-26-28-38-37-18-7-10-23-43(37)50(44(38)30-34)35-16-5-2-6-17-35/h1-31H. The molecule has 52 heavy (non-hydrogen) atoms. The highest BCUT2D eigenvalue weighted by atomic mass is 32.2. The Balaban J connectivity index is 1.19. The molecule has 0 aliphatic carbocycles. The number of nitrogens with zero attached hydrogens (tertiary/aromatic N) is 1. The third-order valence-electron chi connectivity index (χ3n) is 10.9. The fourth-order valence-corrected chi connectivity index (χ4v) is 11.3. The SMILES string of the molecule is c1ccc(-c2ccc3c(c2)Sc2ccccc2C32c3ccccc3Sc3c(-c4ccc5c6ccccc6n(-c6ccccc6)c5c4)cccc32)cc1. The molecule has 0 radical (unpaired) electrons. The highest BCUT2D eigenvalue weighted by Gasteiger charge is 2.49. The van der Waals surface area contributed by atoms with Crippen molar-refractivity contribution in [1.29, 1.82) is 0 Å². The van der Waals surface area contributed by atoms with Crippen LogP contribution < -0.4 is 0 Å². The number of fused-ring (bicyclic) bond motifs is 11. The van der Waals surface area contributed by atoms with Gasteiger partial charge in [-0.05, 0) is 87.0 Å². The molecule has 8 aromatic carbocycles. The maximum absolute atomic E-state index is 2.42. The van der Waals surface area contributed by atoms with Gasteiger partial charge in [0.25, 0.3) is 0 Å². The lowest BCUT2D eigenvalue weighted by Crippen LogP contribution is -2.36. The van der Waals surface area contributed by atoms with Crippen LogP contribution in [-0.4, -0.2) is 4.57 Å². The second kappa shape index (κ2) is 11.6. The van der Waals surface area contributed by atoms with E-state index in [0.29, 0.717) is 0 Å². The highest BCUT2D eigenvalue weighted by Crippen LogP contribution is 2.63. The molecule has 2 aliphatic rings. The Kier molecular flexibility index (Phi) is 6.70. The second-order valence-electron chi connectivity index (χ2n) is 13.6. The molecular weight excluding hydrogens is 667 g/mol. The molecule has 2 aliphatic heterocycles. The van der Waals surface area contributed by atoms with Crippen molar-refractivity contribution < 1.29 is 0 Å². The predicted octanol–water partition coefficient (Wildman–Crippen LogP) is 13.4. The number of hydrogen-bond donors (Lipinski definition) is 0. The van der Waals surface area contributed by atoms with E-state index in [9.17, 15) is 0 Å². The van der Waals surface area contributed by atoms with Gasteiger partial charge in [0.05, 0.1) is 16.4 Å². The van der Waals surface area contributed by atoms with Gasteiger partial charge in [0, 0.05) is 36.0 Å². The maximum Gasteiger partial charge on any atom is 0.0745 e. The van der Waals surface area contributed by atoms with Crippen LogP contribution in [0.5, 0.6) is 0 Å². The topological polar surface area (TPSA) is 4.93 Å². The summed E-state index contributed by atoms with van der Waals surface area (Å²) in [6, 6.07) is 69.7. The van der Waals surface area contributed by atoms with Gasteiger partial charge in [0.2, 0.25) is 0 Å². The van der Waals surface area contributed by atoms with E-state index in [4.69, 9.17) is 0 Å². The molecule has 244 valence electrons. The Bertz CT molecular complexity index is 2840. The molecule has 0 saturated heterocycles. The monoisotopic (exact) mass is 697 g/mol. The zero-order valence-corrected chi connectivity index (χ0v) is 29.8. The quantitative estimate of drug-likeness (QED) is 0.181. The zero-order valence-electron chi connectivity index (χ0n) is 28.2. The van der Waals surface area contributed by atoms with Gasteiger partial charge in [-0.3, -0.25) is 0 Å². The molecule has 0 bridgehead atoms. The summed E-state index contributed by atoms with van der Waals surface area (Å²) in [5.74, 6) is 0. The van der Waals surface area contributed by atoms with E-state index < -0.39 is 5.41 Å². The number of aromatic nitrogens is 1. The van der Waals surface area contributed by atoms with E-state index in [1.54, 1.807) is 0 Å². The van der Waals surface area contributed by atoms with Crippen molar-refractivity contribution >= 4 is 45.3 Å². The molecule has 1 nitrogen and oxygen atoms in total. The molecule has 9 aromatic rings.